The van der Waals surface area contributed by atoms with E-state index < -0.39 is 0 Å². The lowest BCUT2D eigenvalue weighted by Gasteiger charge is -2.36. The van der Waals surface area contributed by atoms with Gasteiger partial charge in [0.05, 0.1) is 0 Å². The molecule has 20 heavy (non-hydrogen) atoms. The summed E-state index contributed by atoms with van der Waals surface area (Å²) in [5.74, 6) is 1.02. The summed E-state index contributed by atoms with van der Waals surface area (Å²) in [5, 5.41) is 0.269. The minimum Gasteiger partial charge on any atom is -0.349 e. The Balaban J connectivity index is 2.11. The van der Waals surface area contributed by atoms with Crippen LogP contribution in [0.25, 0.3) is 5.57 Å². The van der Waals surface area contributed by atoms with Crippen molar-refractivity contribution in [3.63, 3.8) is 0 Å². The van der Waals surface area contributed by atoms with Crippen LogP contribution in [-0.4, -0.2) is 28.3 Å². The van der Waals surface area contributed by atoms with Crippen molar-refractivity contribution in [1.82, 2.24) is 9.97 Å². The third kappa shape index (κ3) is 2.22. The van der Waals surface area contributed by atoms with Gasteiger partial charge in [-0.05, 0) is 43.9 Å². The molecule has 106 valence electrons. The lowest BCUT2D eigenvalue weighted by Crippen LogP contribution is -2.39. The first kappa shape index (κ1) is 13.6. The topological polar surface area (TPSA) is 46.1 Å². The third-order valence-corrected chi connectivity index (χ3v) is 4.57. The van der Waals surface area contributed by atoms with E-state index in [-0.39, 0.29) is 11.1 Å². The second-order valence-corrected chi connectivity index (χ2v) is 5.94. The summed E-state index contributed by atoms with van der Waals surface area (Å²) < 4.78 is 0. The number of rotatable bonds is 2. The monoisotopic (exact) mass is 291 g/mol. The zero-order valence-electron chi connectivity index (χ0n) is 11.8. The summed E-state index contributed by atoms with van der Waals surface area (Å²) in [5.41, 5.74) is 2.80. The first-order chi connectivity index (χ1) is 9.58. The first-order valence-corrected chi connectivity index (χ1v) is 7.46. The van der Waals surface area contributed by atoms with Crippen LogP contribution in [0.2, 0.25) is 5.28 Å². The molecule has 0 spiro atoms. The molecule has 2 heterocycles. The van der Waals surface area contributed by atoms with E-state index in [4.69, 9.17) is 11.6 Å². The molecule has 0 aromatic carbocycles. The predicted molar refractivity (Wildman–Crippen MR) is 79.9 cm³/mol. The molecule has 4 nitrogen and oxygen atoms in total. The Kier molecular flexibility index (Phi) is 3.50. The number of carbonyl (C=O) groups is 1. The largest absolute Gasteiger partial charge is 0.349 e. The molecule has 1 saturated carbocycles. The Morgan fingerprint density at radius 1 is 1.40 bits per heavy atom. The number of fused-ring (bicyclic) bond motifs is 1. The number of allylic oxidation sites excluding steroid dienone is 1. The number of carbonyl (C=O) groups excluding carboxylic acids is 1. The van der Waals surface area contributed by atoms with E-state index in [2.05, 4.69) is 14.9 Å². The fraction of sp³-hybridized carbons (Fsp3) is 0.533. The van der Waals surface area contributed by atoms with E-state index >= 15 is 0 Å². The maximum absolute atomic E-state index is 11.9. The number of ketones is 1. The van der Waals surface area contributed by atoms with Gasteiger partial charge in [-0.1, -0.05) is 12.8 Å². The molecule has 0 bridgehead atoms. The van der Waals surface area contributed by atoms with Crippen molar-refractivity contribution >= 4 is 28.8 Å². The van der Waals surface area contributed by atoms with Crippen molar-refractivity contribution in [1.29, 1.82) is 0 Å². The molecule has 0 unspecified atom stereocenters. The van der Waals surface area contributed by atoms with Crippen LogP contribution in [0.15, 0.2) is 11.8 Å². The number of hydrogen-bond acceptors (Lipinski definition) is 4. The highest BCUT2D eigenvalue weighted by Gasteiger charge is 2.32. The Morgan fingerprint density at radius 2 is 2.10 bits per heavy atom. The quantitative estimate of drug-likeness (QED) is 0.785. The van der Waals surface area contributed by atoms with Gasteiger partial charge in [0.15, 0.2) is 5.78 Å². The number of anilines is 1. The summed E-state index contributed by atoms with van der Waals surface area (Å²) in [6.07, 6.45) is 6.54. The maximum Gasteiger partial charge on any atom is 0.224 e. The van der Waals surface area contributed by atoms with E-state index in [1.807, 2.05) is 6.92 Å². The molecule has 0 atom stereocenters. The Bertz CT molecular complexity index is 591. The van der Waals surface area contributed by atoms with Gasteiger partial charge in [0, 0.05) is 29.9 Å². The SMILES string of the molecule is CC(=O)C1=C(C)c2cnc(Cl)nc2N(C2CCCC2)C1. The van der Waals surface area contributed by atoms with Crippen molar-refractivity contribution in [2.24, 2.45) is 0 Å². The number of halogens is 1. The molecule has 3 rings (SSSR count). The summed E-state index contributed by atoms with van der Waals surface area (Å²) in [4.78, 5) is 22.6. The second kappa shape index (κ2) is 5.17. The average molecular weight is 292 g/mol. The number of nitrogens with zero attached hydrogens (tertiary/aromatic N) is 3. The van der Waals surface area contributed by atoms with Gasteiger partial charge < -0.3 is 4.90 Å². The van der Waals surface area contributed by atoms with E-state index in [0.29, 0.717) is 12.6 Å². The summed E-state index contributed by atoms with van der Waals surface area (Å²) in [7, 11) is 0. The molecule has 0 N–H and O–H groups in total. The normalized spacial score (nSPS) is 19.4. The average Bonchev–Trinajstić information content (AvgIpc) is 2.92. The summed E-state index contributed by atoms with van der Waals surface area (Å²) in [6, 6.07) is 0.460. The smallest absolute Gasteiger partial charge is 0.224 e. The summed E-state index contributed by atoms with van der Waals surface area (Å²) >= 11 is 5.96. The Hall–Kier alpha value is -1.42. The second-order valence-electron chi connectivity index (χ2n) is 5.60. The molecular formula is C15H18ClN3O. The van der Waals surface area contributed by atoms with Crippen molar-refractivity contribution in [2.45, 2.75) is 45.6 Å². The fourth-order valence-electron chi connectivity index (χ4n) is 3.26. The van der Waals surface area contributed by atoms with Gasteiger partial charge in [0.2, 0.25) is 5.28 Å². The van der Waals surface area contributed by atoms with Gasteiger partial charge in [0.1, 0.15) is 5.82 Å². The van der Waals surface area contributed by atoms with Gasteiger partial charge in [0.25, 0.3) is 0 Å². The summed E-state index contributed by atoms with van der Waals surface area (Å²) in [6.45, 7) is 4.25. The van der Waals surface area contributed by atoms with E-state index in [1.54, 1.807) is 13.1 Å². The number of Topliss-reactive ketones (excluding diaryl/α,β-unsaturated/α-hetero) is 1. The molecule has 5 heteroatoms. The van der Waals surface area contributed by atoms with Crippen molar-refractivity contribution < 1.29 is 4.79 Å². The Labute approximate surface area is 123 Å². The van der Waals surface area contributed by atoms with Crippen molar-refractivity contribution in [3.8, 4) is 0 Å². The highest BCUT2D eigenvalue weighted by molar-refractivity contribution is 6.28. The number of aromatic nitrogens is 2. The fourth-order valence-corrected chi connectivity index (χ4v) is 3.38. The van der Waals surface area contributed by atoms with Crippen LogP contribution in [-0.2, 0) is 4.79 Å². The van der Waals surface area contributed by atoms with Gasteiger partial charge in [-0.2, -0.15) is 4.98 Å². The van der Waals surface area contributed by atoms with Gasteiger partial charge in [-0.25, -0.2) is 4.98 Å². The number of hydrogen-bond donors (Lipinski definition) is 0. The van der Waals surface area contributed by atoms with E-state index in [0.717, 1.165) is 35.4 Å². The minimum absolute atomic E-state index is 0.131. The van der Waals surface area contributed by atoms with Crippen LogP contribution in [0.1, 0.15) is 45.1 Å². The molecule has 0 amide bonds. The lowest BCUT2D eigenvalue weighted by molar-refractivity contribution is -0.113. The first-order valence-electron chi connectivity index (χ1n) is 7.08. The molecule has 0 saturated heterocycles. The van der Waals surface area contributed by atoms with E-state index in [1.165, 1.54) is 12.8 Å². The van der Waals surface area contributed by atoms with Crippen LogP contribution >= 0.6 is 11.6 Å². The van der Waals surface area contributed by atoms with Crippen LogP contribution in [0, 0.1) is 0 Å². The predicted octanol–water partition coefficient (Wildman–Crippen LogP) is 3.26. The highest BCUT2D eigenvalue weighted by atomic mass is 35.5. The third-order valence-electron chi connectivity index (χ3n) is 4.39. The highest BCUT2D eigenvalue weighted by Crippen LogP contribution is 2.37. The van der Waals surface area contributed by atoms with Crippen LogP contribution < -0.4 is 4.90 Å². The van der Waals surface area contributed by atoms with Gasteiger partial charge in [-0.15, -0.1) is 0 Å². The molecule has 1 aliphatic carbocycles. The maximum atomic E-state index is 11.9. The zero-order chi connectivity index (χ0) is 14.3. The Morgan fingerprint density at radius 3 is 2.75 bits per heavy atom. The minimum atomic E-state index is 0.131. The standard InChI is InChI=1S/C15H18ClN3O/c1-9-12-7-17-15(16)18-14(12)19(8-13(9)10(2)20)11-5-3-4-6-11/h7,11H,3-6,8H2,1-2H3. The van der Waals surface area contributed by atoms with Crippen LogP contribution in [0.3, 0.4) is 0 Å². The van der Waals surface area contributed by atoms with Crippen molar-refractivity contribution in [2.75, 3.05) is 11.4 Å². The molecular weight excluding hydrogens is 274 g/mol. The van der Waals surface area contributed by atoms with E-state index in [9.17, 15) is 4.79 Å². The lowest BCUT2D eigenvalue weighted by atomic mass is 9.94. The van der Waals surface area contributed by atoms with Crippen molar-refractivity contribution in [3.05, 3.63) is 22.6 Å². The van der Waals surface area contributed by atoms with Crippen LogP contribution in [0.5, 0.6) is 0 Å². The zero-order valence-corrected chi connectivity index (χ0v) is 12.6. The van der Waals surface area contributed by atoms with Gasteiger partial charge in [-0.3, -0.25) is 4.79 Å². The molecule has 1 fully saturated rings. The van der Waals surface area contributed by atoms with Gasteiger partial charge >= 0.3 is 0 Å². The molecule has 2 aliphatic rings. The molecule has 1 aromatic rings. The molecule has 0 radical (unpaired) electrons. The molecule has 1 aromatic heterocycles. The molecule has 1 aliphatic heterocycles. The van der Waals surface area contributed by atoms with Crippen LogP contribution in [0.4, 0.5) is 5.82 Å².